The van der Waals surface area contributed by atoms with E-state index in [1.54, 1.807) is 6.07 Å². The first-order valence-electron chi connectivity index (χ1n) is 6.04. The lowest BCUT2D eigenvalue weighted by Gasteiger charge is -2.19. The highest BCUT2D eigenvalue weighted by molar-refractivity contribution is 7.99. The number of benzene rings is 1. The summed E-state index contributed by atoms with van der Waals surface area (Å²) in [5.74, 6) is 2.11. The zero-order valence-corrected chi connectivity index (χ0v) is 11.8. The fourth-order valence-corrected chi connectivity index (χ4v) is 3.14. The summed E-state index contributed by atoms with van der Waals surface area (Å²) in [6.07, 6.45) is 1.20. The van der Waals surface area contributed by atoms with Gasteiger partial charge in [-0.25, -0.2) is 4.39 Å². The summed E-state index contributed by atoms with van der Waals surface area (Å²) in [6.45, 7) is 2.91. The minimum Gasteiger partial charge on any atom is -0.389 e. The predicted molar refractivity (Wildman–Crippen MR) is 79.5 cm³/mol. The van der Waals surface area contributed by atoms with E-state index < -0.39 is 0 Å². The molecule has 1 aliphatic rings. The van der Waals surface area contributed by atoms with Crippen LogP contribution in [0.2, 0.25) is 0 Å². The molecule has 1 aromatic carbocycles. The van der Waals surface area contributed by atoms with Gasteiger partial charge >= 0.3 is 0 Å². The minimum absolute atomic E-state index is 0.252. The SMILES string of the molecule is NC(=S)c1cc(F)cc(CN2CCCSCC2)c1. The average molecular weight is 284 g/mol. The van der Waals surface area contributed by atoms with E-state index in [1.807, 2.05) is 17.8 Å². The molecule has 0 spiro atoms. The first-order valence-corrected chi connectivity index (χ1v) is 7.61. The molecule has 2 N–H and O–H groups in total. The minimum atomic E-state index is -0.264. The van der Waals surface area contributed by atoms with Gasteiger partial charge in [-0.1, -0.05) is 12.2 Å². The van der Waals surface area contributed by atoms with Crippen molar-refractivity contribution in [3.05, 3.63) is 35.1 Å². The smallest absolute Gasteiger partial charge is 0.124 e. The first-order chi connectivity index (χ1) is 8.65. The molecule has 0 radical (unpaired) electrons. The van der Waals surface area contributed by atoms with Gasteiger partial charge in [0.1, 0.15) is 10.8 Å². The molecular weight excluding hydrogens is 267 g/mol. The quantitative estimate of drug-likeness (QED) is 0.863. The van der Waals surface area contributed by atoms with Gasteiger partial charge < -0.3 is 5.73 Å². The molecule has 2 nitrogen and oxygen atoms in total. The fraction of sp³-hybridized carbons (Fsp3) is 0.462. The first kappa shape index (κ1) is 13.8. The van der Waals surface area contributed by atoms with Crippen molar-refractivity contribution in [3.8, 4) is 0 Å². The fourth-order valence-electron chi connectivity index (χ4n) is 2.10. The van der Waals surface area contributed by atoms with Crippen LogP contribution >= 0.6 is 24.0 Å². The lowest BCUT2D eigenvalue weighted by Crippen LogP contribution is -2.25. The highest BCUT2D eigenvalue weighted by atomic mass is 32.2. The van der Waals surface area contributed by atoms with Gasteiger partial charge in [0.2, 0.25) is 0 Å². The van der Waals surface area contributed by atoms with Crippen LogP contribution in [0.4, 0.5) is 4.39 Å². The number of hydrogen-bond donors (Lipinski definition) is 1. The highest BCUT2D eigenvalue weighted by Gasteiger charge is 2.11. The molecule has 18 heavy (non-hydrogen) atoms. The lowest BCUT2D eigenvalue weighted by atomic mass is 10.1. The second kappa shape index (κ2) is 6.50. The van der Waals surface area contributed by atoms with E-state index in [9.17, 15) is 4.39 Å². The number of nitrogens with two attached hydrogens (primary N) is 1. The molecule has 5 heteroatoms. The van der Waals surface area contributed by atoms with Crippen molar-refractivity contribution in [2.45, 2.75) is 13.0 Å². The van der Waals surface area contributed by atoms with Crippen molar-refractivity contribution in [3.63, 3.8) is 0 Å². The van der Waals surface area contributed by atoms with Gasteiger partial charge in [0, 0.05) is 24.4 Å². The largest absolute Gasteiger partial charge is 0.389 e. The van der Waals surface area contributed by atoms with Crippen molar-refractivity contribution in [2.75, 3.05) is 24.6 Å². The number of thiocarbonyl (C=S) groups is 1. The van der Waals surface area contributed by atoms with Gasteiger partial charge in [-0.2, -0.15) is 11.8 Å². The van der Waals surface area contributed by atoms with Gasteiger partial charge in [0.05, 0.1) is 0 Å². The van der Waals surface area contributed by atoms with E-state index in [4.69, 9.17) is 18.0 Å². The lowest BCUT2D eigenvalue weighted by molar-refractivity contribution is 0.287. The molecule has 0 bridgehead atoms. The van der Waals surface area contributed by atoms with E-state index in [-0.39, 0.29) is 10.8 Å². The van der Waals surface area contributed by atoms with Crippen LogP contribution in [0.5, 0.6) is 0 Å². The molecule has 0 atom stereocenters. The van der Waals surface area contributed by atoms with Crippen molar-refractivity contribution >= 4 is 29.0 Å². The Morgan fingerprint density at radius 3 is 2.94 bits per heavy atom. The summed E-state index contributed by atoms with van der Waals surface area (Å²) < 4.78 is 13.5. The number of hydrogen-bond acceptors (Lipinski definition) is 3. The topological polar surface area (TPSA) is 29.3 Å². The molecule has 0 unspecified atom stereocenters. The summed E-state index contributed by atoms with van der Waals surface area (Å²) in [5.41, 5.74) is 7.12. The Kier molecular flexibility index (Phi) is 4.97. The van der Waals surface area contributed by atoms with Crippen molar-refractivity contribution < 1.29 is 4.39 Å². The van der Waals surface area contributed by atoms with Gasteiger partial charge in [0.15, 0.2) is 0 Å². The Bertz CT molecular complexity index is 429. The average Bonchev–Trinajstić information content (AvgIpc) is 2.57. The molecule has 0 aliphatic carbocycles. The monoisotopic (exact) mass is 284 g/mol. The highest BCUT2D eigenvalue weighted by Crippen LogP contribution is 2.15. The maximum atomic E-state index is 13.5. The molecule has 0 aromatic heterocycles. The Morgan fingerprint density at radius 2 is 2.17 bits per heavy atom. The molecule has 2 rings (SSSR count). The Morgan fingerprint density at radius 1 is 1.33 bits per heavy atom. The molecule has 98 valence electrons. The van der Waals surface area contributed by atoms with Crippen LogP contribution in [0.3, 0.4) is 0 Å². The van der Waals surface area contributed by atoms with E-state index in [2.05, 4.69) is 4.90 Å². The summed E-state index contributed by atoms with van der Waals surface area (Å²) in [4.78, 5) is 2.61. The summed E-state index contributed by atoms with van der Waals surface area (Å²) in [6, 6.07) is 4.85. The van der Waals surface area contributed by atoms with Crippen LogP contribution in [0.1, 0.15) is 17.5 Å². The molecular formula is C13H17FN2S2. The molecule has 1 saturated heterocycles. The molecule has 1 fully saturated rings. The summed E-state index contributed by atoms with van der Waals surface area (Å²) in [5, 5.41) is 0. The Hall–Kier alpha value is -0.650. The number of thioether (sulfide) groups is 1. The maximum Gasteiger partial charge on any atom is 0.124 e. The van der Waals surface area contributed by atoms with Crippen molar-refractivity contribution in [1.82, 2.24) is 4.90 Å². The third-order valence-corrected chi connectivity index (χ3v) is 4.25. The summed E-state index contributed by atoms with van der Waals surface area (Å²) >= 11 is 6.89. The molecule has 0 saturated carbocycles. The zero-order valence-electron chi connectivity index (χ0n) is 10.2. The van der Waals surface area contributed by atoms with Crippen LogP contribution in [0.15, 0.2) is 18.2 Å². The number of halogens is 1. The van der Waals surface area contributed by atoms with Crippen LogP contribution in [-0.4, -0.2) is 34.5 Å². The molecule has 1 aliphatic heterocycles. The number of rotatable bonds is 3. The van der Waals surface area contributed by atoms with Crippen LogP contribution < -0.4 is 5.73 Å². The Balaban J connectivity index is 2.10. The maximum absolute atomic E-state index is 13.5. The zero-order chi connectivity index (χ0) is 13.0. The normalized spacial score (nSPS) is 17.4. The Labute approximate surface area is 117 Å². The summed E-state index contributed by atoms with van der Waals surface area (Å²) in [7, 11) is 0. The van der Waals surface area contributed by atoms with Crippen LogP contribution in [-0.2, 0) is 6.54 Å². The third-order valence-electron chi connectivity index (χ3n) is 2.96. The molecule has 0 amide bonds. The van der Waals surface area contributed by atoms with E-state index >= 15 is 0 Å². The van der Waals surface area contributed by atoms with Gasteiger partial charge in [-0.05, 0) is 42.5 Å². The van der Waals surface area contributed by atoms with E-state index in [0.29, 0.717) is 5.56 Å². The van der Waals surface area contributed by atoms with Crippen LogP contribution in [0.25, 0.3) is 0 Å². The number of nitrogens with zero attached hydrogens (tertiary/aromatic N) is 1. The molecule has 1 heterocycles. The van der Waals surface area contributed by atoms with Crippen molar-refractivity contribution in [1.29, 1.82) is 0 Å². The van der Waals surface area contributed by atoms with Gasteiger partial charge in [0.25, 0.3) is 0 Å². The van der Waals surface area contributed by atoms with Gasteiger partial charge in [-0.3, -0.25) is 4.90 Å². The second-order valence-corrected chi connectivity index (χ2v) is 6.12. The van der Waals surface area contributed by atoms with Crippen molar-refractivity contribution in [2.24, 2.45) is 5.73 Å². The predicted octanol–water partition coefficient (Wildman–Crippen LogP) is 2.40. The third kappa shape index (κ3) is 3.93. The van der Waals surface area contributed by atoms with E-state index in [1.165, 1.54) is 18.2 Å². The standard InChI is InChI=1S/C13H17FN2S2/c14-12-7-10(6-11(8-12)13(15)17)9-16-2-1-4-18-5-3-16/h6-8H,1-5,9H2,(H2,15,17). The molecule has 1 aromatic rings. The van der Waals surface area contributed by atoms with E-state index in [0.717, 1.165) is 31.0 Å². The van der Waals surface area contributed by atoms with Gasteiger partial charge in [-0.15, -0.1) is 0 Å². The van der Waals surface area contributed by atoms with Crippen LogP contribution in [0, 0.1) is 5.82 Å². The second-order valence-electron chi connectivity index (χ2n) is 4.45.